The molecule has 2 aliphatic rings. The Morgan fingerprint density at radius 1 is 1.50 bits per heavy atom. The van der Waals surface area contributed by atoms with Gasteiger partial charge >= 0.3 is 0 Å². The van der Waals surface area contributed by atoms with Crippen LogP contribution in [-0.2, 0) is 0 Å². The van der Waals surface area contributed by atoms with Crippen molar-refractivity contribution in [2.24, 2.45) is 17.3 Å². The van der Waals surface area contributed by atoms with Gasteiger partial charge in [0.25, 0.3) is 0 Å². The monoisotopic (exact) mass is 235 g/mol. The molecule has 2 fully saturated rings. The lowest BCUT2D eigenvalue weighted by atomic mass is 10.1. The van der Waals surface area contributed by atoms with E-state index in [1.165, 1.54) is 25.8 Å². The third-order valence-corrected chi connectivity index (χ3v) is 5.20. The number of hydrogen-bond donors (Lipinski definition) is 1. The van der Waals surface area contributed by atoms with E-state index in [-0.39, 0.29) is 0 Å². The van der Waals surface area contributed by atoms with Crippen LogP contribution in [0.4, 0.5) is 0 Å². The molecule has 0 amide bonds. The van der Waals surface area contributed by atoms with Gasteiger partial charge in [0.2, 0.25) is 0 Å². The molecule has 0 bridgehead atoms. The molecule has 1 nitrogen and oxygen atoms in total. The van der Waals surface area contributed by atoms with Crippen molar-refractivity contribution >= 4 is 11.3 Å². The standard InChI is InChI=1S/C14H21NS/c1-14(2)8-11(14)9-15-13(10-5-6-10)12-4-3-7-16-12/h3-4,7,10-11,13,15H,5-6,8-9H2,1-2H3. The zero-order valence-electron chi connectivity index (χ0n) is 10.2. The lowest BCUT2D eigenvalue weighted by Gasteiger charge is -2.17. The van der Waals surface area contributed by atoms with Gasteiger partial charge in [-0.3, -0.25) is 0 Å². The van der Waals surface area contributed by atoms with Gasteiger partial charge in [-0.05, 0) is 54.5 Å². The Labute approximate surface area is 102 Å². The first-order chi connectivity index (χ1) is 7.67. The Hall–Kier alpha value is -0.340. The third kappa shape index (κ3) is 2.18. The van der Waals surface area contributed by atoms with E-state index in [4.69, 9.17) is 0 Å². The highest BCUT2D eigenvalue weighted by Gasteiger charge is 2.45. The molecule has 3 rings (SSSR count). The zero-order valence-corrected chi connectivity index (χ0v) is 11.0. The summed E-state index contributed by atoms with van der Waals surface area (Å²) in [5.74, 6) is 1.83. The normalized spacial score (nSPS) is 29.0. The molecule has 2 aliphatic carbocycles. The van der Waals surface area contributed by atoms with Crippen molar-refractivity contribution in [1.82, 2.24) is 5.32 Å². The molecule has 2 heteroatoms. The smallest absolute Gasteiger partial charge is 0.0443 e. The third-order valence-electron chi connectivity index (χ3n) is 4.24. The fraction of sp³-hybridized carbons (Fsp3) is 0.714. The van der Waals surface area contributed by atoms with Gasteiger partial charge in [-0.1, -0.05) is 19.9 Å². The van der Waals surface area contributed by atoms with Crippen LogP contribution >= 0.6 is 11.3 Å². The topological polar surface area (TPSA) is 12.0 Å². The molecule has 0 aliphatic heterocycles. The highest BCUT2D eigenvalue weighted by Crippen LogP contribution is 2.51. The van der Waals surface area contributed by atoms with Crippen LogP contribution < -0.4 is 5.32 Å². The van der Waals surface area contributed by atoms with Crippen LogP contribution in [0.3, 0.4) is 0 Å². The summed E-state index contributed by atoms with van der Waals surface area (Å²) < 4.78 is 0. The van der Waals surface area contributed by atoms with Crippen molar-refractivity contribution in [3.63, 3.8) is 0 Å². The van der Waals surface area contributed by atoms with E-state index in [0.717, 1.165) is 11.8 Å². The molecule has 16 heavy (non-hydrogen) atoms. The Kier molecular flexibility index (Phi) is 2.60. The zero-order chi connectivity index (χ0) is 11.2. The van der Waals surface area contributed by atoms with Crippen LogP contribution in [0.15, 0.2) is 17.5 Å². The predicted octanol–water partition coefficient (Wildman–Crippen LogP) is 3.83. The molecule has 2 unspecified atom stereocenters. The summed E-state index contributed by atoms with van der Waals surface area (Å²) >= 11 is 1.91. The van der Waals surface area contributed by atoms with E-state index < -0.39 is 0 Å². The van der Waals surface area contributed by atoms with Crippen LogP contribution in [0.2, 0.25) is 0 Å². The van der Waals surface area contributed by atoms with E-state index >= 15 is 0 Å². The molecule has 88 valence electrons. The van der Waals surface area contributed by atoms with Gasteiger partial charge in [-0.25, -0.2) is 0 Å². The Bertz CT molecular complexity index is 351. The molecule has 0 spiro atoms. The maximum atomic E-state index is 3.81. The number of thiophene rings is 1. The molecule has 1 heterocycles. The van der Waals surface area contributed by atoms with Crippen LogP contribution in [0.5, 0.6) is 0 Å². The first-order valence-corrected chi connectivity index (χ1v) is 7.31. The Morgan fingerprint density at radius 3 is 2.75 bits per heavy atom. The largest absolute Gasteiger partial charge is 0.309 e. The molecule has 0 radical (unpaired) electrons. The van der Waals surface area contributed by atoms with Crippen molar-refractivity contribution in [2.45, 2.75) is 39.2 Å². The fourth-order valence-corrected chi connectivity index (χ4v) is 3.48. The predicted molar refractivity (Wildman–Crippen MR) is 69.7 cm³/mol. The summed E-state index contributed by atoms with van der Waals surface area (Å²) in [6, 6.07) is 5.12. The minimum Gasteiger partial charge on any atom is -0.309 e. The minimum atomic E-state index is 0.608. The molecular weight excluding hydrogens is 214 g/mol. The molecule has 2 saturated carbocycles. The lowest BCUT2D eigenvalue weighted by molar-refractivity contribution is 0.443. The molecule has 1 aromatic rings. The second-order valence-electron chi connectivity index (χ2n) is 6.13. The Balaban J connectivity index is 1.58. The van der Waals surface area contributed by atoms with Crippen molar-refractivity contribution in [3.8, 4) is 0 Å². The van der Waals surface area contributed by atoms with E-state index in [0.29, 0.717) is 11.5 Å². The van der Waals surface area contributed by atoms with Gasteiger partial charge in [-0.2, -0.15) is 0 Å². The summed E-state index contributed by atoms with van der Waals surface area (Å²) in [6.45, 7) is 5.99. The van der Waals surface area contributed by atoms with Gasteiger partial charge < -0.3 is 5.32 Å². The molecule has 1 aromatic heterocycles. The first-order valence-electron chi connectivity index (χ1n) is 6.43. The van der Waals surface area contributed by atoms with Crippen LogP contribution in [0.25, 0.3) is 0 Å². The maximum absolute atomic E-state index is 3.81. The van der Waals surface area contributed by atoms with Crippen molar-refractivity contribution in [2.75, 3.05) is 6.54 Å². The average Bonchev–Trinajstić information content (AvgIpc) is 3.08. The van der Waals surface area contributed by atoms with Gasteiger partial charge in [0.05, 0.1) is 0 Å². The van der Waals surface area contributed by atoms with Gasteiger partial charge in [-0.15, -0.1) is 11.3 Å². The van der Waals surface area contributed by atoms with Crippen LogP contribution in [0, 0.1) is 17.3 Å². The van der Waals surface area contributed by atoms with Crippen LogP contribution in [0.1, 0.15) is 44.0 Å². The second-order valence-corrected chi connectivity index (χ2v) is 7.11. The molecule has 0 aromatic carbocycles. The lowest BCUT2D eigenvalue weighted by Crippen LogP contribution is -2.25. The van der Waals surface area contributed by atoms with E-state index in [1.807, 2.05) is 11.3 Å². The minimum absolute atomic E-state index is 0.608. The summed E-state index contributed by atoms with van der Waals surface area (Å²) in [6.07, 6.45) is 4.25. The highest BCUT2D eigenvalue weighted by molar-refractivity contribution is 7.10. The maximum Gasteiger partial charge on any atom is 0.0443 e. The summed E-state index contributed by atoms with van der Waals surface area (Å²) in [5.41, 5.74) is 0.608. The fourth-order valence-electron chi connectivity index (χ4n) is 2.59. The van der Waals surface area contributed by atoms with Gasteiger partial charge in [0.1, 0.15) is 0 Å². The molecule has 1 N–H and O–H groups in total. The molecular formula is C14H21NS. The summed E-state index contributed by atoms with van der Waals surface area (Å²) in [5, 5.41) is 6.01. The molecule has 0 saturated heterocycles. The summed E-state index contributed by atoms with van der Waals surface area (Å²) in [4.78, 5) is 1.54. The number of rotatable bonds is 5. The van der Waals surface area contributed by atoms with Gasteiger partial charge in [0, 0.05) is 10.9 Å². The van der Waals surface area contributed by atoms with Crippen molar-refractivity contribution in [1.29, 1.82) is 0 Å². The average molecular weight is 235 g/mol. The second kappa shape index (κ2) is 3.85. The Morgan fingerprint density at radius 2 is 2.25 bits per heavy atom. The van der Waals surface area contributed by atoms with Crippen molar-refractivity contribution < 1.29 is 0 Å². The quantitative estimate of drug-likeness (QED) is 0.817. The van der Waals surface area contributed by atoms with Crippen LogP contribution in [-0.4, -0.2) is 6.54 Å². The highest BCUT2D eigenvalue weighted by atomic mass is 32.1. The van der Waals surface area contributed by atoms with E-state index in [9.17, 15) is 0 Å². The SMILES string of the molecule is CC1(C)CC1CNC(c1cccs1)C1CC1. The molecule has 2 atom stereocenters. The van der Waals surface area contributed by atoms with E-state index in [1.54, 1.807) is 4.88 Å². The number of nitrogens with one attached hydrogen (secondary N) is 1. The van der Waals surface area contributed by atoms with E-state index in [2.05, 4.69) is 36.7 Å². The van der Waals surface area contributed by atoms with Crippen molar-refractivity contribution in [3.05, 3.63) is 22.4 Å². The first kappa shape index (κ1) is 10.8. The summed E-state index contributed by atoms with van der Waals surface area (Å²) in [7, 11) is 0. The number of hydrogen-bond acceptors (Lipinski definition) is 2. The van der Waals surface area contributed by atoms with Gasteiger partial charge in [0.15, 0.2) is 0 Å².